The van der Waals surface area contributed by atoms with E-state index in [1.54, 1.807) is 0 Å². The average Bonchev–Trinajstić information content (AvgIpc) is 2.29. The Balaban J connectivity index is 2.18. The lowest BCUT2D eigenvalue weighted by molar-refractivity contribution is 0.993. The molecule has 2 heteroatoms. The number of nitrogens with two attached hydrogens (primary N) is 1. The number of allylic oxidation sites excluding steroid dienone is 4. The van der Waals surface area contributed by atoms with Gasteiger partial charge in [0.25, 0.3) is 0 Å². The van der Waals surface area contributed by atoms with Crippen LogP contribution in [0, 0.1) is 0 Å². The van der Waals surface area contributed by atoms with Gasteiger partial charge in [-0.3, -0.25) is 0 Å². The Kier molecular flexibility index (Phi) is 1.90. The molecule has 1 aromatic rings. The molecule has 80 valence electrons. The molecule has 0 radical (unpaired) electrons. The molecule has 0 unspecified atom stereocenters. The number of para-hydroxylation sites is 1. The number of anilines is 1. The maximum atomic E-state index is 5.86. The molecule has 0 saturated carbocycles. The summed E-state index contributed by atoms with van der Waals surface area (Å²) in [5.41, 5.74) is 11.9. The summed E-state index contributed by atoms with van der Waals surface area (Å²) < 4.78 is 0. The highest BCUT2D eigenvalue weighted by molar-refractivity contribution is 5.80. The quantitative estimate of drug-likeness (QED) is 0.713. The molecule has 0 saturated heterocycles. The molecule has 3 rings (SSSR count). The Morgan fingerprint density at radius 1 is 1.19 bits per heavy atom. The highest BCUT2D eigenvalue weighted by Gasteiger charge is 2.21. The van der Waals surface area contributed by atoms with Crippen molar-refractivity contribution in [1.82, 2.24) is 0 Å². The van der Waals surface area contributed by atoms with Gasteiger partial charge in [-0.05, 0) is 35.4 Å². The van der Waals surface area contributed by atoms with E-state index < -0.39 is 0 Å². The zero-order valence-electron chi connectivity index (χ0n) is 9.27. The van der Waals surface area contributed by atoms with Crippen molar-refractivity contribution in [1.29, 1.82) is 0 Å². The zero-order valence-corrected chi connectivity index (χ0v) is 9.27. The summed E-state index contributed by atoms with van der Waals surface area (Å²) in [5, 5.41) is 0. The number of hydrogen-bond donors (Lipinski definition) is 1. The lowest BCUT2D eigenvalue weighted by atomic mass is 9.93. The van der Waals surface area contributed by atoms with Crippen LogP contribution in [-0.4, -0.2) is 7.05 Å². The van der Waals surface area contributed by atoms with E-state index in [2.05, 4.69) is 48.4 Å². The molecule has 0 fully saturated rings. The van der Waals surface area contributed by atoms with Crippen molar-refractivity contribution in [3.63, 3.8) is 0 Å². The molecule has 0 spiro atoms. The predicted molar refractivity (Wildman–Crippen MR) is 67.8 cm³/mol. The second-order valence-corrected chi connectivity index (χ2v) is 4.26. The van der Waals surface area contributed by atoms with Crippen LogP contribution < -0.4 is 10.6 Å². The molecule has 1 heterocycles. The smallest absolute Gasteiger partial charge is 0.0481 e. The van der Waals surface area contributed by atoms with Gasteiger partial charge in [-0.1, -0.05) is 18.2 Å². The van der Waals surface area contributed by atoms with Gasteiger partial charge in [0, 0.05) is 30.5 Å². The Bertz CT molecular complexity index is 535. The van der Waals surface area contributed by atoms with Crippen molar-refractivity contribution in [3.8, 4) is 0 Å². The first-order valence-corrected chi connectivity index (χ1v) is 5.46. The first-order chi connectivity index (χ1) is 7.75. The number of likely N-dealkylation sites (N-methyl/N-ethyl adjacent to an activating group) is 1. The lowest BCUT2D eigenvalue weighted by Gasteiger charge is -2.32. The van der Waals surface area contributed by atoms with Crippen molar-refractivity contribution in [2.45, 2.75) is 6.42 Å². The van der Waals surface area contributed by atoms with Gasteiger partial charge in [0.15, 0.2) is 0 Å². The van der Waals surface area contributed by atoms with E-state index in [0.717, 1.165) is 12.1 Å². The van der Waals surface area contributed by atoms with Gasteiger partial charge in [-0.25, -0.2) is 0 Å². The maximum Gasteiger partial charge on any atom is 0.0481 e. The fourth-order valence-corrected chi connectivity index (χ4v) is 2.35. The van der Waals surface area contributed by atoms with E-state index in [-0.39, 0.29) is 0 Å². The fourth-order valence-electron chi connectivity index (χ4n) is 2.35. The van der Waals surface area contributed by atoms with Crippen LogP contribution in [0.25, 0.3) is 6.08 Å². The summed E-state index contributed by atoms with van der Waals surface area (Å²) in [7, 11) is 2.10. The minimum absolute atomic E-state index is 0.852. The van der Waals surface area contributed by atoms with Crippen molar-refractivity contribution < 1.29 is 0 Å². The monoisotopic (exact) mass is 210 g/mol. The summed E-state index contributed by atoms with van der Waals surface area (Å²) in [6.45, 7) is 0. The van der Waals surface area contributed by atoms with E-state index >= 15 is 0 Å². The third-order valence-corrected chi connectivity index (χ3v) is 3.17. The largest absolute Gasteiger partial charge is 0.402 e. The Hall–Kier alpha value is -1.96. The Labute approximate surface area is 95.4 Å². The summed E-state index contributed by atoms with van der Waals surface area (Å²) >= 11 is 0. The van der Waals surface area contributed by atoms with Crippen molar-refractivity contribution in [2.24, 2.45) is 5.73 Å². The molecular formula is C14H14N2. The minimum atomic E-state index is 0.852. The lowest BCUT2D eigenvalue weighted by Crippen LogP contribution is -2.24. The third kappa shape index (κ3) is 1.27. The molecule has 2 nitrogen and oxygen atoms in total. The highest BCUT2D eigenvalue weighted by Crippen LogP contribution is 2.37. The highest BCUT2D eigenvalue weighted by atomic mass is 15.1. The second-order valence-electron chi connectivity index (χ2n) is 4.26. The molecule has 1 aliphatic heterocycles. The van der Waals surface area contributed by atoms with Crippen LogP contribution in [0.2, 0.25) is 0 Å². The molecule has 0 bridgehead atoms. The Morgan fingerprint density at radius 3 is 2.88 bits per heavy atom. The van der Waals surface area contributed by atoms with E-state index in [4.69, 9.17) is 5.73 Å². The van der Waals surface area contributed by atoms with Crippen molar-refractivity contribution in [3.05, 3.63) is 58.9 Å². The molecule has 0 amide bonds. The van der Waals surface area contributed by atoms with Crippen LogP contribution in [0.15, 0.2) is 53.4 Å². The number of nitrogens with zero attached hydrogens (tertiary/aromatic N) is 1. The summed E-state index contributed by atoms with van der Waals surface area (Å²) in [5.74, 6) is 0. The average molecular weight is 210 g/mol. The number of fused-ring (bicyclic) bond motifs is 2. The van der Waals surface area contributed by atoms with Crippen molar-refractivity contribution in [2.75, 3.05) is 11.9 Å². The first kappa shape index (κ1) is 9.28. The molecular weight excluding hydrogens is 196 g/mol. The minimum Gasteiger partial charge on any atom is -0.402 e. The van der Waals surface area contributed by atoms with E-state index in [1.807, 2.05) is 6.08 Å². The molecule has 2 N–H and O–H groups in total. The molecule has 16 heavy (non-hydrogen) atoms. The molecule has 1 aromatic carbocycles. The van der Waals surface area contributed by atoms with Gasteiger partial charge >= 0.3 is 0 Å². The molecule has 2 aliphatic rings. The summed E-state index contributed by atoms with van der Waals surface area (Å²) in [6.07, 6.45) is 7.18. The van der Waals surface area contributed by atoms with Crippen LogP contribution in [0.1, 0.15) is 12.0 Å². The second kappa shape index (κ2) is 3.27. The number of rotatable bonds is 0. The topological polar surface area (TPSA) is 29.3 Å². The van der Waals surface area contributed by atoms with Gasteiger partial charge in [0.2, 0.25) is 0 Å². The maximum absolute atomic E-state index is 5.86. The SMILES string of the molecule is CN1C2=CC=C(N)CC2=Cc2ccccc21. The first-order valence-electron chi connectivity index (χ1n) is 5.46. The van der Waals surface area contributed by atoms with Gasteiger partial charge in [-0.2, -0.15) is 0 Å². The third-order valence-electron chi connectivity index (χ3n) is 3.17. The molecule has 1 aliphatic carbocycles. The summed E-state index contributed by atoms with van der Waals surface area (Å²) in [6, 6.07) is 8.43. The standard InChI is InChI=1S/C14H14N2/c1-16-13-5-3-2-4-10(13)8-11-9-12(15)6-7-14(11)16/h2-8H,9,15H2,1H3. The Morgan fingerprint density at radius 2 is 2.00 bits per heavy atom. The van der Waals surface area contributed by atoms with Crippen LogP contribution in [0.4, 0.5) is 5.69 Å². The molecule has 0 aromatic heterocycles. The van der Waals surface area contributed by atoms with Crippen LogP contribution in [-0.2, 0) is 0 Å². The van der Waals surface area contributed by atoms with Gasteiger partial charge < -0.3 is 10.6 Å². The number of hydrogen-bond acceptors (Lipinski definition) is 2. The number of benzene rings is 1. The van der Waals surface area contributed by atoms with Crippen molar-refractivity contribution >= 4 is 11.8 Å². The van der Waals surface area contributed by atoms with E-state index in [9.17, 15) is 0 Å². The normalized spacial score (nSPS) is 18.1. The van der Waals surface area contributed by atoms with E-state index in [1.165, 1.54) is 22.5 Å². The predicted octanol–water partition coefficient (Wildman–Crippen LogP) is 2.65. The van der Waals surface area contributed by atoms with Gasteiger partial charge in [-0.15, -0.1) is 0 Å². The van der Waals surface area contributed by atoms with Crippen LogP contribution >= 0.6 is 0 Å². The van der Waals surface area contributed by atoms with E-state index in [0.29, 0.717) is 0 Å². The van der Waals surface area contributed by atoms with Crippen LogP contribution in [0.3, 0.4) is 0 Å². The van der Waals surface area contributed by atoms with Gasteiger partial charge in [0.1, 0.15) is 0 Å². The zero-order chi connectivity index (χ0) is 11.1. The van der Waals surface area contributed by atoms with Crippen LogP contribution in [0.5, 0.6) is 0 Å². The molecule has 0 atom stereocenters. The summed E-state index contributed by atoms with van der Waals surface area (Å²) in [4.78, 5) is 2.23. The van der Waals surface area contributed by atoms with Gasteiger partial charge in [0.05, 0.1) is 0 Å². The fraction of sp³-hybridized carbons (Fsp3) is 0.143.